The highest BCUT2D eigenvalue weighted by Gasteiger charge is 2.20. The van der Waals surface area contributed by atoms with Crippen molar-refractivity contribution in [1.82, 2.24) is 29.3 Å². The lowest BCUT2D eigenvalue weighted by atomic mass is 10.1. The van der Waals surface area contributed by atoms with E-state index in [0.29, 0.717) is 22.6 Å². The SMILES string of the molecule is CNS(=O)(=O)c1cncc(-c2nc(NC(CO)c3ccccn3)c3c(-c4ccccc4)ccn3n2)c1. The number of anilines is 1. The summed E-state index contributed by atoms with van der Waals surface area (Å²) in [6.45, 7) is -0.221. The molecule has 0 aliphatic carbocycles. The third-order valence-electron chi connectivity index (χ3n) is 5.68. The van der Waals surface area contributed by atoms with Gasteiger partial charge in [-0.25, -0.2) is 22.6 Å². The van der Waals surface area contributed by atoms with E-state index in [-0.39, 0.29) is 17.3 Å². The van der Waals surface area contributed by atoms with Gasteiger partial charge in [-0.2, -0.15) is 0 Å². The maximum Gasteiger partial charge on any atom is 0.241 e. The van der Waals surface area contributed by atoms with E-state index in [1.54, 1.807) is 16.8 Å². The summed E-state index contributed by atoms with van der Waals surface area (Å²) in [5.74, 6) is 0.717. The third-order valence-corrected chi connectivity index (χ3v) is 7.07. The molecule has 0 fully saturated rings. The first-order chi connectivity index (χ1) is 17.5. The lowest BCUT2D eigenvalue weighted by Gasteiger charge is -2.18. The molecule has 0 aliphatic rings. The van der Waals surface area contributed by atoms with Crippen LogP contribution in [0.1, 0.15) is 11.7 Å². The molecule has 11 heteroatoms. The second-order valence-electron chi connectivity index (χ2n) is 7.92. The van der Waals surface area contributed by atoms with Gasteiger partial charge in [0.25, 0.3) is 0 Å². The summed E-state index contributed by atoms with van der Waals surface area (Å²) < 4.78 is 28.6. The fourth-order valence-electron chi connectivity index (χ4n) is 3.86. The summed E-state index contributed by atoms with van der Waals surface area (Å²) in [5, 5.41) is 18.1. The Hall–Kier alpha value is -4.19. The van der Waals surface area contributed by atoms with Crippen molar-refractivity contribution in [2.75, 3.05) is 19.0 Å². The van der Waals surface area contributed by atoms with Crippen molar-refractivity contribution in [3.63, 3.8) is 0 Å². The number of rotatable bonds is 8. The molecule has 5 rings (SSSR count). The Balaban J connectivity index is 1.69. The topological polar surface area (TPSA) is 134 Å². The highest BCUT2D eigenvalue weighted by atomic mass is 32.2. The largest absolute Gasteiger partial charge is 0.394 e. The fourth-order valence-corrected chi connectivity index (χ4v) is 4.58. The Kier molecular flexibility index (Phi) is 6.42. The van der Waals surface area contributed by atoms with Crippen molar-refractivity contribution in [2.45, 2.75) is 10.9 Å². The van der Waals surface area contributed by atoms with Crippen LogP contribution in [0, 0.1) is 0 Å². The molecule has 0 saturated carbocycles. The van der Waals surface area contributed by atoms with Crippen LogP contribution in [0.25, 0.3) is 28.0 Å². The van der Waals surface area contributed by atoms with E-state index in [0.717, 1.165) is 11.1 Å². The summed E-state index contributed by atoms with van der Waals surface area (Å²) in [6, 6.07) is 18.2. The highest BCUT2D eigenvalue weighted by molar-refractivity contribution is 7.89. The summed E-state index contributed by atoms with van der Waals surface area (Å²) in [6.07, 6.45) is 6.24. The Morgan fingerprint density at radius 2 is 1.83 bits per heavy atom. The number of nitrogens with one attached hydrogen (secondary N) is 2. The van der Waals surface area contributed by atoms with Gasteiger partial charge >= 0.3 is 0 Å². The first-order valence-corrected chi connectivity index (χ1v) is 12.6. The maximum absolute atomic E-state index is 12.3. The standard InChI is InChI=1S/C25H23N7O3S/c1-26-36(34,35)19-13-18(14-27-15-19)24-30-25(29-22(16-33)21-9-5-6-11-28-21)23-20(10-12-32(23)31-24)17-7-3-2-4-8-17/h2-15,22,26,33H,16H2,1H3,(H,29,30,31). The zero-order chi connectivity index (χ0) is 25.1. The van der Waals surface area contributed by atoms with Gasteiger partial charge < -0.3 is 10.4 Å². The van der Waals surface area contributed by atoms with Crippen LogP contribution >= 0.6 is 0 Å². The molecule has 0 spiro atoms. The molecule has 10 nitrogen and oxygen atoms in total. The first-order valence-electron chi connectivity index (χ1n) is 11.1. The summed E-state index contributed by atoms with van der Waals surface area (Å²) in [4.78, 5) is 13.2. The quantitative estimate of drug-likeness (QED) is 0.295. The lowest BCUT2D eigenvalue weighted by Crippen LogP contribution is -2.19. The van der Waals surface area contributed by atoms with Crippen LogP contribution in [-0.4, -0.2) is 51.7 Å². The van der Waals surface area contributed by atoms with Crippen molar-refractivity contribution >= 4 is 21.4 Å². The number of nitrogens with zero attached hydrogens (tertiary/aromatic N) is 5. The molecule has 3 N–H and O–H groups in total. The number of benzene rings is 1. The van der Waals surface area contributed by atoms with Crippen LogP contribution < -0.4 is 10.0 Å². The molecule has 1 aromatic carbocycles. The normalized spacial score (nSPS) is 12.5. The average molecular weight is 502 g/mol. The van der Waals surface area contributed by atoms with Gasteiger partial charge in [-0.15, -0.1) is 5.10 Å². The van der Waals surface area contributed by atoms with Gasteiger partial charge in [-0.05, 0) is 36.9 Å². The Morgan fingerprint density at radius 3 is 2.56 bits per heavy atom. The van der Waals surface area contributed by atoms with Gasteiger partial charge in [0.05, 0.1) is 18.3 Å². The van der Waals surface area contributed by atoms with E-state index in [4.69, 9.17) is 4.98 Å². The Morgan fingerprint density at radius 1 is 1.03 bits per heavy atom. The molecule has 36 heavy (non-hydrogen) atoms. The molecule has 1 atom stereocenters. The third kappa shape index (κ3) is 4.54. The molecule has 0 aliphatic heterocycles. The zero-order valence-electron chi connectivity index (χ0n) is 19.3. The van der Waals surface area contributed by atoms with Gasteiger partial charge in [-0.1, -0.05) is 36.4 Å². The zero-order valence-corrected chi connectivity index (χ0v) is 20.1. The monoisotopic (exact) mass is 501 g/mol. The first kappa shape index (κ1) is 23.5. The van der Waals surface area contributed by atoms with Crippen LogP contribution in [0.2, 0.25) is 0 Å². The Bertz CT molecular complexity index is 1610. The van der Waals surface area contributed by atoms with Crippen molar-refractivity contribution in [1.29, 1.82) is 0 Å². The van der Waals surface area contributed by atoms with Crippen LogP contribution in [0.3, 0.4) is 0 Å². The number of aliphatic hydroxyl groups excluding tert-OH is 1. The number of aromatic nitrogens is 5. The number of fused-ring (bicyclic) bond motifs is 1. The van der Waals surface area contributed by atoms with Crippen molar-refractivity contribution in [2.24, 2.45) is 0 Å². The van der Waals surface area contributed by atoms with Gasteiger partial charge in [0, 0.05) is 35.9 Å². The van der Waals surface area contributed by atoms with Crippen LogP contribution in [-0.2, 0) is 10.0 Å². The van der Waals surface area contributed by atoms with Crippen molar-refractivity contribution in [3.8, 4) is 22.5 Å². The van der Waals surface area contributed by atoms with Gasteiger partial charge in [0.2, 0.25) is 10.0 Å². The Labute approximate surface area is 207 Å². The number of hydrogen-bond acceptors (Lipinski definition) is 8. The molecule has 1 unspecified atom stereocenters. The molecular weight excluding hydrogens is 478 g/mol. The van der Waals surface area contributed by atoms with Crippen molar-refractivity contribution in [3.05, 3.63) is 91.1 Å². The maximum atomic E-state index is 12.3. The van der Waals surface area contributed by atoms with Crippen molar-refractivity contribution < 1.29 is 13.5 Å². The molecule has 0 radical (unpaired) electrons. The molecular formula is C25H23N7O3S. The number of pyridine rings is 2. The molecule has 0 saturated heterocycles. The van der Waals surface area contributed by atoms with E-state index >= 15 is 0 Å². The molecule has 4 heterocycles. The van der Waals surface area contributed by atoms with Crippen LogP contribution in [0.15, 0.2) is 90.3 Å². The highest BCUT2D eigenvalue weighted by Crippen LogP contribution is 2.32. The van der Waals surface area contributed by atoms with Crippen LogP contribution in [0.5, 0.6) is 0 Å². The minimum atomic E-state index is -3.70. The second-order valence-corrected chi connectivity index (χ2v) is 9.81. The van der Waals surface area contributed by atoms with E-state index in [1.807, 2.05) is 54.7 Å². The minimum Gasteiger partial charge on any atom is -0.394 e. The van der Waals surface area contributed by atoms with Gasteiger partial charge in [0.15, 0.2) is 11.6 Å². The van der Waals surface area contributed by atoms with E-state index in [9.17, 15) is 13.5 Å². The number of aliphatic hydroxyl groups is 1. The summed E-state index contributed by atoms with van der Waals surface area (Å²) >= 11 is 0. The smallest absolute Gasteiger partial charge is 0.241 e. The lowest BCUT2D eigenvalue weighted by molar-refractivity contribution is 0.274. The molecule has 0 bridgehead atoms. The predicted octanol–water partition coefficient (Wildman–Crippen LogP) is 2.91. The number of hydrogen-bond donors (Lipinski definition) is 3. The molecule has 5 aromatic rings. The fraction of sp³-hybridized carbons (Fsp3) is 0.120. The molecule has 0 amide bonds. The minimum absolute atomic E-state index is 0.0000860. The van der Waals surface area contributed by atoms with Crippen LogP contribution in [0.4, 0.5) is 5.82 Å². The van der Waals surface area contributed by atoms with E-state index < -0.39 is 16.1 Å². The van der Waals surface area contributed by atoms with E-state index in [2.05, 4.69) is 25.1 Å². The van der Waals surface area contributed by atoms with E-state index in [1.165, 1.54) is 25.5 Å². The molecule has 4 aromatic heterocycles. The summed E-state index contributed by atoms with van der Waals surface area (Å²) in [7, 11) is -2.37. The average Bonchev–Trinajstić information content (AvgIpc) is 3.37. The predicted molar refractivity (Wildman–Crippen MR) is 136 cm³/mol. The van der Waals surface area contributed by atoms with Gasteiger partial charge in [0.1, 0.15) is 10.4 Å². The summed E-state index contributed by atoms with van der Waals surface area (Å²) in [5.41, 5.74) is 3.64. The second kappa shape index (κ2) is 9.82. The number of sulfonamides is 1. The van der Waals surface area contributed by atoms with Gasteiger partial charge in [-0.3, -0.25) is 9.97 Å². The molecule has 182 valence electrons.